The maximum Gasteiger partial charge on any atom is 0.253 e. The van der Waals surface area contributed by atoms with Gasteiger partial charge in [-0.2, -0.15) is 0 Å². The SMILES string of the molecule is COc1ccc(C(CNc2c(NCc3ccco3)c(=O)c2=O)N(C)C)cc1. The number of nitrogens with zero attached hydrogens (tertiary/aromatic N) is 1. The number of rotatable bonds is 9. The number of nitrogens with one attached hydrogen (secondary N) is 2. The number of hydrogen-bond acceptors (Lipinski definition) is 7. The van der Waals surface area contributed by atoms with Gasteiger partial charge in [-0.15, -0.1) is 0 Å². The van der Waals surface area contributed by atoms with Crippen molar-refractivity contribution in [2.45, 2.75) is 12.6 Å². The summed E-state index contributed by atoms with van der Waals surface area (Å²) in [5.74, 6) is 1.48. The summed E-state index contributed by atoms with van der Waals surface area (Å²) in [5, 5.41) is 6.11. The second-order valence-corrected chi connectivity index (χ2v) is 6.47. The monoisotopic (exact) mass is 369 g/mol. The van der Waals surface area contributed by atoms with E-state index in [1.807, 2.05) is 38.4 Å². The first kappa shape index (κ1) is 18.7. The van der Waals surface area contributed by atoms with Gasteiger partial charge in [-0.1, -0.05) is 12.1 Å². The standard InChI is InChI=1S/C20H23N3O4/c1-23(2)16(13-6-8-14(26-3)9-7-13)12-22-18-17(19(24)20(18)25)21-11-15-5-4-10-27-15/h4-10,16,21-22H,11-12H2,1-3H3. The van der Waals surface area contributed by atoms with E-state index in [0.29, 0.717) is 30.2 Å². The third-order valence-electron chi connectivity index (χ3n) is 4.53. The molecule has 0 saturated carbocycles. The molecule has 142 valence electrons. The number of anilines is 2. The topological polar surface area (TPSA) is 83.8 Å². The fraction of sp³-hybridized carbons (Fsp3) is 0.300. The van der Waals surface area contributed by atoms with Gasteiger partial charge in [-0.05, 0) is 43.9 Å². The van der Waals surface area contributed by atoms with Crippen LogP contribution in [0.1, 0.15) is 17.4 Å². The molecule has 0 aliphatic heterocycles. The Morgan fingerprint density at radius 2 is 1.70 bits per heavy atom. The average Bonchev–Trinajstić information content (AvgIpc) is 3.20. The van der Waals surface area contributed by atoms with Crippen molar-refractivity contribution >= 4 is 11.4 Å². The number of ether oxygens (including phenoxy) is 1. The molecule has 0 saturated heterocycles. The van der Waals surface area contributed by atoms with Gasteiger partial charge in [0.1, 0.15) is 22.9 Å². The first-order valence-corrected chi connectivity index (χ1v) is 8.65. The molecule has 7 heteroatoms. The number of hydrogen-bond donors (Lipinski definition) is 2. The minimum absolute atomic E-state index is 0.0261. The second kappa shape index (κ2) is 8.09. The molecule has 0 fully saturated rings. The molecule has 0 spiro atoms. The predicted octanol–water partition coefficient (Wildman–Crippen LogP) is 2.21. The van der Waals surface area contributed by atoms with Crippen LogP contribution in [0.15, 0.2) is 56.7 Å². The van der Waals surface area contributed by atoms with Gasteiger partial charge in [0.25, 0.3) is 10.9 Å². The van der Waals surface area contributed by atoms with Crippen LogP contribution in [0.25, 0.3) is 0 Å². The van der Waals surface area contributed by atoms with E-state index in [-0.39, 0.29) is 6.04 Å². The molecule has 0 aliphatic rings. The Morgan fingerprint density at radius 3 is 2.26 bits per heavy atom. The molecule has 0 bridgehead atoms. The van der Waals surface area contributed by atoms with Crippen molar-refractivity contribution in [1.82, 2.24) is 4.90 Å². The van der Waals surface area contributed by atoms with E-state index >= 15 is 0 Å². The van der Waals surface area contributed by atoms with Crippen LogP contribution in [0.3, 0.4) is 0 Å². The highest BCUT2D eigenvalue weighted by Gasteiger charge is 2.23. The van der Waals surface area contributed by atoms with Crippen molar-refractivity contribution in [3.63, 3.8) is 0 Å². The average molecular weight is 369 g/mol. The summed E-state index contributed by atoms with van der Waals surface area (Å²) in [5.41, 5.74) is 0.715. The Hall–Kier alpha value is -3.06. The van der Waals surface area contributed by atoms with Gasteiger partial charge in [-0.3, -0.25) is 9.59 Å². The summed E-state index contributed by atoms with van der Waals surface area (Å²) in [6.07, 6.45) is 1.56. The summed E-state index contributed by atoms with van der Waals surface area (Å²) in [7, 11) is 5.56. The zero-order valence-electron chi connectivity index (χ0n) is 15.6. The molecular weight excluding hydrogens is 346 g/mol. The first-order valence-electron chi connectivity index (χ1n) is 8.65. The number of benzene rings is 1. The van der Waals surface area contributed by atoms with Crippen molar-refractivity contribution < 1.29 is 9.15 Å². The largest absolute Gasteiger partial charge is 0.497 e. The highest BCUT2D eigenvalue weighted by atomic mass is 16.5. The molecule has 0 amide bonds. The highest BCUT2D eigenvalue weighted by Crippen LogP contribution is 2.23. The first-order chi connectivity index (χ1) is 13.0. The minimum atomic E-state index is -0.505. The van der Waals surface area contributed by atoms with Crippen LogP contribution in [0.5, 0.6) is 5.75 Å². The lowest BCUT2D eigenvalue weighted by Crippen LogP contribution is -2.39. The summed E-state index contributed by atoms with van der Waals surface area (Å²) in [6.45, 7) is 0.835. The molecule has 1 aromatic heterocycles. The van der Waals surface area contributed by atoms with Gasteiger partial charge in [0.2, 0.25) is 0 Å². The van der Waals surface area contributed by atoms with E-state index < -0.39 is 10.9 Å². The lowest BCUT2D eigenvalue weighted by Gasteiger charge is -2.26. The molecule has 0 radical (unpaired) electrons. The number of furan rings is 1. The van der Waals surface area contributed by atoms with Crippen molar-refractivity contribution in [2.75, 3.05) is 38.4 Å². The van der Waals surface area contributed by atoms with Crippen LogP contribution < -0.4 is 26.2 Å². The predicted molar refractivity (Wildman–Crippen MR) is 105 cm³/mol. The van der Waals surface area contributed by atoms with E-state index in [1.54, 1.807) is 25.5 Å². The van der Waals surface area contributed by atoms with Crippen LogP contribution in [0, 0.1) is 0 Å². The summed E-state index contributed by atoms with van der Waals surface area (Å²) in [4.78, 5) is 25.9. The fourth-order valence-electron chi connectivity index (χ4n) is 2.94. The van der Waals surface area contributed by atoms with Crippen molar-refractivity contribution in [3.05, 3.63) is 74.4 Å². The molecule has 1 unspecified atom stereocenters. The molecule has 0 aliphatic carbocycles. The van der Waals surface area contributed by atoms with Crippen LogP contribution in [-0.2, 0) is 6.54 Å². The Labute approximate surface area is 157 Å². The molecular formula is C20H23N3O4. The van der Waals surface area contributed by atoms with Crippen molar-refractivity contribution in [1.29, 1.82) is 0 Å². The van der Waals surface area contributed by atoms with Crippen LogP contribution >= 0.6 is 0 Å². The normalized spacial score (nSPS) is 12.3. The second-order valence-electron chi connectivity index (χ2n) is 6.47. The smallest absolute Gasteiger partial charge is 0.253 e. The van der Waals surface area contributed by atoms with Crippen LogP contribution in [-0.4, -0.2) is 32.6 Å². The van der Waals surface area contributed by atoms with Gasteiger partial charge in [0.15, 0.2) is 0 Å². The summed E-state index contributed by atoms with van der Waals surface area (Å²) in [6, 6.07) is 11.4. The summed E-state index contributed by atoms with van der Waals surface area (Å²) < 4.78 is 10.4. The third kappa shape index (κ3) is 4.03. The van der Waals surface area contributed by atoms with E-state index in [0.717, 1.165) is 11.3 Å². The molecule has 1 heterocycles. The molecule has 2 aromatic carbocycles. The third-order valence-corrected chi connectivity index (χ3v) is 4.53. The minimum Gasteiger partial charge on any atom is -0.497 e. The molecule has 7 nitrogen and oxygen atoms in total. The number of methoxy groups -OCH3 is 1. The van der Waals surface area contributed by atoms with Crippen LogP contribution in [0.2, 0.25) is 0 Å². The van der Waals surface area contributed by atoms with Gasteiger partial charge in [0, 0.05) is 6.54 Å². The maximum absolute atomic E-state index is 12.0. The maximum atomic E-state index is 12.0. The van der Waals surface area contributed by atoms with E-state index in [1.165, 1.54) is 0 Å². The van der Waals surface area contributed by atoms with Crippen LogP contribution in [0.4, 0.5) is 11.4 Å². The molecule has 1 atom stereocenters. The van der Waals surface area contributed by atoms with Crippen molar-refractivity contribution in [3.8, 4) is 5.75 Å². The Kier molecular flexibility index (Phi) is 5.61. The quantitative estimate of drug-likeness (QED) is 0.560. The van der Waals surface area contributed by atoms with E-state index in [4.69, 9.17) is 9.15 Å². The number of likely N-dealkylation sites (N-methyl/N-ethyl adjacent to an activating group) is 1. The zero-order chi connectivity index (χ0) is 19.4. The summed E-state index contributed by atoms with van der Waals surface area (Å²) >= 11 is 0. The fourth-order valence-corrected chi connectivity index (χ4v) is 2.94. The zero-order valence-corrected chi connectivity index (χ0v) is 15.6. The Morgan fingerprint density at radius 1 is 1.04 bits per heavy atom. The van der Waals surface area contributed by atoms with E-state index in [9.17, 15) is 9.59 Å². The van der Waals surface area contributed by atoms with Gasteiger partial charge in [-0.25, -0.2) is 0 Å². The lowest BCUT2D eigenvalue weighted by molar-refractivity contribution is 0.311. The Balaban J connectivity index is 1.69. The van der Waals surface area contributed by atoms with Crippen molar-refractivity contribution in [2.24, 2.45) is 0 Å². The molecule has 3 aromatic rings. The lowest BCUT2D eigenvalue weighted by atomic mass is 10.0. The van der Waals surface area contributed by atoms with Gasteiger partial charge in [0.05, 0.1) is 26.0 Å². The molecule has 27 heavy (non-hydrogen) atoms. The Bertz CT molecular complexity index is 939. The van der Waals surface area contributed by atoms with Gasteiger partial charge < -0.3 is 24.7 Å². The van der Waals surface area contributed by atoms with Gasteiger partial charge >= 0.3 is 0 Å². The van der Waals surface area contributed by atoms with E-state index in [2.05, 4.69) is 15.5 Å². The molecule has 3 rings (SSSR count). The highest BCUT2D eigenvalue weighted by molar-refractivity contribution is 5.74. The molecule has 2 N–H and O–H groups in total.